The summed E-state index contributed by atoms with van der Waals surface area (Å²) in [5.74, 6) is 2.40. The van der Waals surface area contributed by atoms with Crippen molar-refractivity contribution in [3.63, 3.8) is 0 Å². The summed E-state index contributed by atoms with van der Waals surface area (Å²) in [6.07, 6.45) is 1.02. The van der Waals surface area contributed by atoms with Gasteiger partial charge in [0.2, 0.25) is 0 Å². The van der Waals surface area contributed by atoms with Gasteiger partial charge in [0, 0.05) is 23.9 Å². The summed E-state index contributed by atoms with van der Waals surface area (Å²) in [5.41, 5.74) is 2.71. The molecule has 27 heavy (non-hydrogen) atoms. The zero-order valence-electron chi connectivity index (χ0n) is 16.9. The highest BCUT2D eigenvalue weighted by Gasteiger charge is 2.27. The van der Waals surface area contributed by atoms with Crippen LogP contribution < -0.4 is 5.32 Å². The van der Waals surface area contributed by atoms with Crippen LogP contribution in [0.1, 0.15) is 55.8 Å². The highest BCUT2D eigenvalue weighted by Crippen LogP contribution is 2.30. The maximum Gasteiger partial charge on any atom is 0.109 e. The smallest absolute Gasteiger partial charge is 0.109 e. The summed E-state index contributed by atoms with van der Waals surface area (Å²) in [6, 6.07) is 26.1. The Morgan fingerprint density at radius 3 is 1.89 bits per heavy atom. The van der Waals surface area contributed by atoms with Crippen LogP contribution in [0.15, 0.2) is 77.2 Å². The Morgan fingerprint density at radius 1 is 0.852 bits per heavy atom. The molecule has 0 amide bonds. The SMILES string of the molecule is Cc1ccc(C(C)(C)C[C@H](C)NCC(c2ccccc2)c2ccccc2)o1. The Bertz CT molecular complexity index is 780. The molecular formula is C25H31NO. The van der Waals surface area contributed by atoms with Crippen LogP contribution in [0.5, 0.6) is 0 Å². The average Bonchev–Trinajstić information content (AvgIpc) is 3.11. The maximum absolute atomic E-state index is 5.89. The second-order valence-electron chi connectivity index (χ2n) is 8.18. The lowest BCUT2D eigenvalue weighted by molar-refractivity contribution is 0.319. The first kappa shape index (κ1) is 19.4. The first-order chi connectivity index (χ1) is 13.0. The summed E-state index contributed by atoms with van der Waals surface area (Å²) in [5, 5.41) is 3.77. The highest BCUT2D eigenvalue weighted by molar-refractivity contribution is 5.32. The van der Waals surface area contributed by atoms with Crippen molar-refractivity contribution in [1.29, 1.82) is 0 Å². The van der Waals surface area contributed by atoms with Crippen molar-refractivity contribution in [3.05, 3.63) is 95.4 Å². The van der Waals surface area contributed by atoms with Crippen molar-refractivity contribution < 1.29 is 4.42 Å². The molecule has 1 N–H and O–H groups in total. The second-order valence-corrected chi connectivity index (χ2v) is 8.18. The van der Waals surface area contributed by atoms with Gasteiger partial charge < -0.3 is 9.73 Å². The standard InChI is InChI=1S/C25H31NO/c1-19(17-25(3,4)24-16-15-20(2)27-24)26-18-23(21-11-7-5-8-12-21)22-13-9-6-10-14-22/h5-16,19,23,26H,17-18H2,1-4H3/t19-/m0/s1. The van der Waals surface area contributed by atoms with Crippen LogP contribution in [-0.2, 0) is 5.41 Å². The van der Waals surface area contributed by atoms with E-state index in [4.69, 9.17) is 4.42 Å². The van der Waals surface area contributed by atoms with Gasteiger partial charge in [-0.2, -0.15) is 0 Å². The van der Waals surface area contributed by atoms with Gasteiger partial charge in [-0.15, -0.1) is 0 Å². The number of nitrogens with one attached hydrogen (secondary N) is 1. The molecule has 142 valence electrons. The third-order valence-corrected chi connectivity index (χ3v) is 5.30. The van der Waals surface area contributed by atoms with Crippen molar-refractivity contribution >= 4 is 0 Å². The van der Waals surface area contributed by atoms with Crippen LogP contribution in [0.3, 0.4) is 0 Å². The van der Waals surface area contributed by atoms with E-state index in [1.165, 1.54) is 11.1 Å². The van der Waals surface area contributed by atoms with E-state index >= 15 is 0 Å². The van der Waals surface area contributed by atoms with Crippen LogP contribution in [0, 0.1) is 6.92 Å². The van der Waals surface area contributed by atoms with E-state index in [9.17, 15) is 0 Å². The third-order valence-electron chi connectivity index (χ3n) is 5.30. The molecule has 0 aliphatic carbocycles. The number of benzene rings is 2. The number of furan rings is 1. The third kappa shape index (κ3) is 5.11. The molecule has 2 nitrogen and oxygen atoms in total. The molecule has 0 saturated heterocycles. The van der Waals surface area contributed by atoms with Gasteiger partial charge in [-0.05, 0) is 43.5 Å². The lowest BCUT2D eigenvalue weighted by Gasteiger charge is -2.28. The number of aryl methyl sites for hydroxylation is 1. The molecule has 2 heteroatoms. The summed E-state index contributed by atoms with van der Waals surface area (Å²) in [6.45, 7) is 9.71. The van der Waals surface area contributed by atoms with Crippen LogP contribution in [-0.4, -0.2) is 12.6 Å². The molecule has 0 unspecified atom stereocenters. The largest absolute Gasteiger partial charge is 0.466 e. The van der Waals surface area contributed by atoms with Crippen molar-refractivity contribution in [2.75, 3.05) is 6.54 Å². The van der Waals surface area contributed by atoms with Crippen LogP contribution >= 0.6 is 0 Å². The molecule has 3 rings (SSSR count). The quantitative estimate of drug-likeness (QED) is 0.527. The van der Waals surface area contributed by atoms with Gasteiger partial charge in [-0.3, -0.25) is 0 Å². The first-order valence-electron chi connectivity index (χ1n) is 9.86. The lowest BCUT2D eigenvalue weighted by atomic mass is 9.83. The first-order valence-corrected chi connectivity index (χ1v) is 9.86. The Labute approximate surface area is 163 Å². The molecule has 0 spiro atoms. The summed E-state index contributed by atoms with van der Waals surface area (Å²) >= 11 is 0. The zero-order chi connectivity index (χ0) is 19.3. The minimum atomic E-state index is 0.00959. The maximum atomic E-state index is 5.89. The molecular weight excluding hydrogens is 330 g/mol. The Balaban J connectivity index is 1.68. The van der Waals surface area contributed by atoms with Gasteiger partial charge in [0.1, 0.15) is 11.5 Å². The lowest BCUT2D eigenvalue weighted by Crippen LogP contribution is -2.35. The molecule has 1 aromatic heterocycles. The molecule has 3 aromatic rings. The summed E-state index contributed by atoms with van der Waals surface area (Å²) in [7, 11) is 0. The molecule has 0 aliphatic rings. The normalized spacial score (nSPS) is 13.1. The van der Waals surface area contributed by atoms with Crippen molar-refractivity contribution in [1.82, 2.24) is 5.32 Å². The predicted octanol–water partition coefficient (Wildman–Crippen LogP) is 6.07. The number of hydrogen-bond acceptors (Lipinski definition) is 2. The average molecular weight is 362 g/mol. The van der Waals surface area contributed by atoms with E-state index in [0.717, 1.165) is 24.5 Å². The van der Waals surface area contributed by atoms with Crippen molar-refractivity contribution in [2.45, 2.75) is 51.5 Å². The van der Waals surface area contributed by atoms with Crippen LogP contribution in [0.25, 0.3) is 0 Å². The Morgan fingerprint density at radius 2 is 1.41 bits per heavy atom. The summed E-state index contributed by atoms with van der Waals surface area (Å²) in [4.78, 5) is 0. The van der Waals surface area contributed by atoms with E-state index < -0.39 is 0 Å². The van der Waals surface area contributed by atoms with E-state index in [0.29, 0.717) is 12.0 Å². The Kier molecular flexibility index (Phi) is 6.18. The van der Waals surface area contributed by atoms with E-state index in [1.54, 1.807) is 0 Å². The highest BCUT2D eigenvalue weighted by atomic mass is 16.3. The van der Waals surface area contributed by atoms with Crippen molar-refractivity contribution in [3.8, 4) is 0 Å². The Hall–Kier alpha value is -2.32. The van der Waals surface area contributed by atoms with Crippen LogP contribution in [0.4, 0.5) is 0 Å². The van der Waals surface area contributed by atoms with Gasteiger partial charge in [0.05, 0.1) is 0 Å². The molecule has 0 saturated carbocycles. The van der Waals surface area contributed by atoms with Gasteiger partial charge in [0.15, 0.2) is 0 Å². The fourth-order valence-corrected chi connectivity index (χ4v) is 3.85. The number of hydrogen-bond donors (Lipinski definition) is 1. The topological polar surface area (TPSA) is 25.2 Å². The molecule has 0 aliphatic heterocycles. The van der Waals surface area contributed by atoms with Gasteiger partial charge in [-0.1, -0.05) is 74.5 Å². The van der Waals surface area contributed by atoms with E-state index in [-0.39, 0.29) is 5.41 Å². The summed E-state index contributed by atoms with van der Waals surface area (Å²) < 4.78 is 5.89. The van der Waals surface area contributed by atoms with Gasteiger partial charge in [0.25, 0.3) is 0 Å². The molecule has 0 fully saturated rings. The van der Waals surface area contributed by atoms with E-state index in [1.807, 2.05) is 6.92 Å². The fraction of sp³-hybridized carbons (Fsp3) is 0.360. The second kappa shape index (κ2) is 8.58. The fourth-order valence-electron chi connectivity index (χ4n) is 3.85. The minimum Gasteiger partial charge on any atom is -0.466 e. The number of rotatable bonds is 8. The molecule has 1 heterocycles. The molecule has 2 aromatic carbocycles. The molecule has 1 atom stereocenters. The molecule has 0 bridgehead atoms. The van der Waals surface area contributed by atoms with Gasteiger partial charge >= 0.3 is 0 Å². The monoisotopic (exact) mass is 361 g/mol. The predicted molar refractivity (Wildman–Crippen MR) is 113 cm³/mol. The zero-order valence-corrected chi connectivity index (χ0v) is 16.9. The minimum absolute atomic E-state index is 0.00959. The van der Waals surface area contributed by atoms with E-state index in [2.05, 4.69) is 98.9 Å². The molecule has 0 radical (unpaired) electrons. The van der Waals surface area contributed by atoms with Crippen LogP contribution in [0.2, 0.25) is 0 Å². The van der Waals surface area contributed by atoms with Gasteiger partial charge in [-0.25, -0.2) is 0 Å². The van der Waals surface area contributed by atoms with Crippen molar-refractivity contribution in [2.24, 2.45) is 0 Å².